The molecule has 0 saturated heterocycles. The van der Waals surface area contributed by atoms with Crippen molar-refractivity contribution in [1.29, 1.82) is 0 Å². The molecule has 2 N–H and O–H groups in total. The number of amidine groups is 1. The highest BCUT2D eigenvalue weighted by Crippen LogP contribution is 2.22. The number of halogens is 1. The molecule has 0 unspecified atom stereocenters. The summed E-state index contributed by atoms with van der Waals surface area (Å²) in [5.41, 5.74) is 6.55. The lowest BCUT2D eigenvalue weighted by molar-refractivity contribution is 0.583. The van der Waals surface area contributed by atoms with Crippen LogP contribution in [0.5, 0.6) is 0 Å². The molecule has 0 bridgehead atoms. The van der Waals surface area contributed by atoms with Gasteiger partial charge >= 0.3 is 0 Å². The van der Waals surface area contributed by atoms with E-state index in [0.717, 1.165) is 10.9 Å². The van der Waals surface area contributed by atoms with Crippen molar-refractivity contribution in [2.24, 2.45) is 10.7 Å². The average Bonchev–Trinajstić information content (AvgIpc) is 2.27. The quantitative estimate of drug-likeness (QED) is 0.605. The number of fused-ring (bicyclic) bond motifs is 1. The normalized spacial score (nSPS) is 13.0. The monoisotopic (exact) mass is 244 g/mol. The summed E-state index contributed by atoms with van der Waals surface area (Å²) < 4.78 is 13.7. The van der Waals surface area contributed by atoms with Crippen molar-refractivity contribution < 1.29 is 4.39 Å². The Kier molecular flexibility index (Phi) is 3.07. The van der Waals surface area contributed by atoms with Crippen molar-refractivity contribution in [2.45, 2.75) is 26.3 Å². The maximum absolute atomic E-state index is 13.7. The topological polar surface area (TPSA) is 38.4 Å². The Morgan fingerprint density at radius 3 is 2.28 bits per heavy atom. The Hall–Kier alpha value is -1.90. The first kappa shape index (κ1) is 12.6. The van der Waals surface area contributed by atoms with Crippen LogP contribution >= 0.6 is 0 Å². The summed E-state index contributed by atoms with van der Waals surface area (Å²) >= 11 is 0. The first-order valence-corrected chi connectivity index (χ1v) is 5.91. The lowest BCUT2D eigenvalue weighted by Crippen LogP contribution is -2.21. The van der Waals surface area contributed by atoms with E-state index in [4.69, 9.17) is 5.73 Å². The fraction of sp³-hybridized carbons (Fsp3) is 0.267. The number of benzene rings is 2. The highest BCUT2D eigenvalue weighted by atomic mass is 19.1. The average molecular weight is 244 g/mol. The largest absolute Gasteiger partial charge is 0.383 e. The maximum Gasteiger partial charge on any atom is 0.131 e. The standard InChI is InChI=1S/C15H17FN2/c1-15(2,3)18-14(17)12-8-9-13(16)11-7-5-4-6-10(11)12/h4-9H,1-3H3,(H2,17,18). The summed E-state index contributed by atoms with van der Waals surface area (Å²) in [7, 11) is 0. The minimum Gasteiger partial charge on any atom is -0.383 e. The van der Waals surface area contributed by atoms with Crippen molar-refractivity contribution in [2.75, 3.05) is 0 Å². The lowest BCUT2D eigenvalue weighted by atomic mass is 10.0. The third-order valence-electron chi connectivity index (χ3n) is 2.60. The van der Waals surface area contributed by atoms with Crippen LogP contribution in [0.1, 0.15) is 26.3 Å². The Balaban J connectivity index is 2.66. The first-order chi connectivity index (χ1) is 8.38. The van der Waals surface area contributed by atoms with Crippen molar-refractivity contribution in [1.82, 2.24) is 0 Å². The van der Waals surface area contributed by atoms with Crippen molar-refractivity contribution in [3.63, 3.8) is 0 Å². The van der Waals surface area contributed by atoms with E-state index >= 15 is 0 Å². The second-order valence-corrected chi connectivity index (χ2v) is 5.31. The number of nitrogens with zero attached hydrogens (tertiary/aromatic N) is 1. The van der Waals surface area contributed by atoms with E-state index in [1.807, 2.05) is 39.0 Å². The molecule has 18 heavy (non-hydrogen) atoms. The molecule has 0 amide bonds. The molecule has 0 aliphatic heterocycles. The second-order valence-electron chi connectivity index (χ2n) is 5.31. The molecular weight excluding hydrogens is 227 g/mol. The number of hydrogen-bond acceptors (Lipinski definition) is 1. The van der Waals surface area contributed by atoms with Crippen LogP contribution in [-0.2, 0) is 0 Å². The zero-order chi connectivity index (χ0) is 13.3. The molecule has 2 nitrogen and oxygen atoms in total. The summed E-state index contributed by atoms with van der Waals surface area (Å²) in [5.74, 6) is 0.205. The van der Waals surface area contributed by atoms with Gasteiger partial charge in [0.1, 0.15) is 11.7 Å². The molecule has 2 aromatic rings. The number of aliphatic imine (C=N–C) groups is 1. The van der Waals surface area contributed by atoms with Gasteiger partial charge in [-0.25, -0.2) is 4.39 Å². The molecule has 0 aliphatic carbocycles. The number of rotatable bonds is 1. The summed E-state index contributed by atoms with van der Waals surface area (Å²) in [6, 6.07) is 10.4. The van der Waals surface area contributed by atoms with Gasteiger partial charge in [0.15, 0.2) is 0 Å². The molecule has 0 saturated carbocycles. The summed E-state index contributed by atoms with van der Waals surface area (Å²) in [6.45, 7) is 5.93. The lowest BCUT2D eigenvalue weighted by Gasteiger charge is -2.15. The zero-order valence-corrected chi connectivity index (χ0v) is 10.9. The molecule has 0 fully saturated rings. The smallest absolute Gasteiger partial charge is 0.131 e. The highest BCUT2D eigenvalue weighted by molar-refractivity contribution is 6.09. The number of nitrogens with two attached hydrogens (primary N) is 1. The van der Waals surface area contributed by atoms with Gasteiger partial charge in [-0.1, -0.05) is 24.3 Å². The Morgan fingerprint density at radius 1 is 1.06 bits per heavy atom. The molecule has 0 radical (unpaired) electrons. The summed E-state index contributed by atoms with van der Waals surface area (Å²) in [6.07, 6.45) is 0. The molecular formula is C15H17FN2. The van der Waals surface area contributed by atoms with Crippen molar-refractivity contribution >= 4 is 16.6 Å². The van der Waals surface area contributed by atoms with Gasteiger partial charge in [0.05, 0.1) is 5.54 Å². The SMILES string of the molecule is CC(C)(C)N=C(N)c1ccc(F)c2ccccc12. The second kappa shape index (κ2) is 4.41. The first-order valence-electron chi connectivity index (χ1n) is 5.91. The fourth-order valence-corrected chi connectivity index (χ4v) is 1.91. The van der Waals surface area contributed by atoms with E-state index in [1.165, 1.54) is 6.07 Å². The third kappa shape index (κ3) is 2.50. The van der Waals surface area contributed by atoms with Crippen LogP contribution in [-0.4, -0.2) is 11.4 Å². The molecule has 3 heteroatoms. The highest BCUT2D eigenvalue weighted by Gasteiger charge is 2.12. The van der Waals surface area contributed by atoms with Gasteiger partial charge in [-0.2, -0.15) is 0 Å². The minimum absolute atomic E-state index is 0.238. The molecule has 2 rings (SSSR count). The Labute approximate surface area is 106 Å². The van der Waals surface area contributed by atoms with Crippen molar-refractivity contribution in [3.8, 4) is 0 Å². The van der Waals surface area contributed by atoms with Crippen LogP contribution in [0.4, 0.5) is 4.39 Å². The van der Waals surface area contributed by atoms with E-state index in [-0.39, 0.29) is 11.4 Å². The van der Waals surface area contributed by atoms with Crippen LogP contribution in [0.25, 0.3) is 10.8 Å². The predicted octanol–water partition coefficient (Wildman–Crippen LogP) is 3.48. The third-order valence-corrected chi connectivity index (χ3v) is 2.60. The summed E-state index contributed by atoms with van der Waals surface area (Å²) in [4.78, 5) is 4.43. The van der Waals surface area contributed by atoms with Gasteiger partial charge in [-0.15, -0.1) is 0 Å². The van der Waals surface area contributed by atoms with Crippen LogP contribution in [0.2, 0.25) is 0 Å². The molecule has 0 aromatic heterocycles. The van der Waals surface area contributed by atoms with E-state index < -0.39 is 0 Å². The van der Waals surface area contributed by atoms with Crippen LogP contribution in [0.3, 0.4) is 0 Å². The van der Waals surface area contributed by atoms with Gasteiger partial charge in [-0.05, 0) is 38.3 Å². The van der Waals surface area contributed by atoms with Gasteiger partial charge in [0.25, 0.3) is 0 Å². The van der Waals surface area contributed by atoms with E-state index in [1.54, 1.807) is 12.1 Å². The molecule has 0 aliphatic rings. The number of hydrogen-bond donors (Lipinski definition) is 1. The molecule has 2 aromatic carbocycles. The van der Waals surface area contributed by atoms with E-state index in [2.05, 4.69) is 4.99 Å². The van der Waals surface area contributed by atoms with E-state index in [0.29, 0.717) is 11.2 Å². The zero-order valence-electron chi connectivity index (χ0n) is 10.9. The van der Waals surface area contributed by atoms with Gasteiger partial charge in [0.2, 0.25) is 0 Å². The fourth-order valence-electron chi connectivity index (χ4n) is 1.91. The maximum atomic E-state index is 13.7. The van der Waals surface area contributed by atoms with Crippen molar-refractivity contribution in [3.05, 3.63) is 47.8 Å². The van der Waals surface area contributed by atoms with Crippen LogP contribution in [0, 0.1) is 5.82 Å². The predicted molar refractivity (Wildman–Crippen MR) is 74.4 cm³/mol. The van der Waals surface area contributed by atoms with Gasteiger partial charge < -0.3 is 5.73 Å². The van der Waals surface area contributed by atoms with Gasteiger partial charge in [-0.3, -0.25) is 4.99 Å². The Bertz CT molecular complexity index is 609. The minimum atomic E-state index is -0.250. The Morgan fingerprint density at radius 2 is 1.67 bits per heavy atom. The molecule has 0 heterocycles. The molecule has 0 spiro atoms. The molecule has 94 valence electrons. The van der Waals surface area contributed by atoms with Gasteiger partial charge in [0, 0.05) is 10.9 Å². The molecule has 0 atom stereocenters. The van der Waals surface area contributed by atoms with E-state index in [9.17, 15) is 4.39 Å². The van der Waals surface area contributed by atoms with Crippen LogP contribution in [0.15, 0.2) is 41.4 Å². The van der Waals surface area contributed by atoms with Crippen LogP contribution < -0.4 is 5.73 Å². The summed E-state index contributed by atoms with van der Waals surface area (Å²) in [5, 5.41) is 1.37.